The summed E-state index contributed by atoms with van der Waals surface area (Å²) in [5, 5.41) is 0. The Bertz CT molecular complexity index is 473. The van der Waals surface area contributed by atoms with Crippen molar-refractivity contribution in [2.24, 2.45) is 5.92 Å². The number of carbonyl (C=O) groups is 2. The van der Waals surface area contributed by atoms with E-state index in [1.54, 1.807) is 0 Å². The largest absolute Gasteiger partial charge is 0.459 e. The Labute approximate surface area is 104 Å². The summed E-state index contributed by atoms with van der Waals surface area (Å²) in [5.41, 5.74) is 0.945. The molecule has 2 heterocycles. The molecule has 0 saturated carbocycles. The number of hydrogen-bond donors (Lipinski definition) is 0. The molecular formula is C13H13NO4. The lowest BCUT2D eigenvalue weighted by Crippen LogP contribution is -2.43. The lowest BCUT2D eigenvalue weighted by molar-refractivity contribution is -0.177. The van der Waals surface area contributed by atoms with Crippen LogP contribution in [0.2, 0.25) is 0 Å². The van der Waals surface area contributed by atoms with Gasteiger partial charge >= 0.3 is 12.1 Å². The number of rotatable bonds is 2. The third-order valence-electron chi connectivity index (χ3n) is 3.30. The zero-order valence-corrected chi connectivity index (χ0v) is 9.74. The molecule has 5 nitrogen and oxygen atoms in total. The number of amides is 1. The van der Waals surface area contributed by atoms with Crippen molar-refractivity contribution < 1.29 is 19.1 Å². The summed E-state index contributed by atoms with van der Waals surface area (Å²) in [6, 6.07) is 9.49. The Balaban J connectivity index is 1.52. The van der Waals surface area contributed by atoms with Crippen molar-refractivity contribution in [2.45, 2.75) is 12.7 Å². The molecule has 2 fully saturated rings. The van der Waals surface area contributed by atoms with Crippen molar-refractivity contribution in [3.63, 3.8) is 0 Å². The smallest absolute Gasteiger partial charge is 0.410 e. The van der Waals surface area contributed by atoms with E-state index < -0.39 is 0 Å². The van der Waals surface area contributed by atoms with Crippen LogP contribution in [0.25, 0.3) is 0 Å². The van der Waals surface area contributed by atoms with E-state index in [-0.39, 0.29) is 30.7 Å². The zero-order chi connectivity index (χ0) is 12.5. The number of nitrogens with zero attached hydrogens (tertiary/aromatic N) is 1. The molecule has 2 aliphatic rings. The summed E-state index contributed by atoms with van der Waals surface area (Å²) >= 11 is 0. The Morgan fingerprint density at radius 3 is 2.78 bits per heavy atom. The first-order valence-electron chi connectivity index (χ1n) is 5.90. The van der Waals surface area contributed by atoms with Gasteiger partial charge in [0.05, 0.1) is 6.54 Å². The predicted octanol–water partition coefficient (Wildman–Crippen LogP) is 1.18. The minimum Gasteiger partial charge on any atom is -0.459 e. The number of carbonyl (C=O) groups excluding carboxylic acids is 2. The van der Waals surface area contributed by atoms with Crippen LogP contribution in [0, 0.1) is 5.92 Å². The molecular weight excluding hydrogens is 234 g/mol. The van der Waals surface area contributed by atoms with Gasteiger partial charge in [0, 0.05) is 6.54 Å². The zero-order valence-electron chi connectivity index (χ0n) is 9.74. The summed E-state index contributed by atoms with van der Waals surface area (Å²) < 4.78 is 10.1. The molecule has 1 amide bonds. The second-order valence-corrected chi connectivity index (χ2v) is 4.53. The first kappa shape index (κ1) is 11.1. The normalized spacial score (nSPS) is 25.1. The molecule has 1 aromatic carbocycles. The maximum atomic E-state index is 11.8. The van der Waals surface area contributed by atoms with Crippen molar-refractivity contribution in [1.82, 2.24) is 4.90 Å². The maximum Gasteiger partial charge on any atom is 0.410 e. The summed E-state index contributed by atoms with van der Waals surface area (Å²) in [6.07, 6.45) is -0.508. The highest BCUT2D eigenvalue weighted by Crippen LogP contribution is 2.30. The Kier molecular flexibility index (Phi) is 2.66. The van der Waals surface area contributed by atoms with E-state index in [0.717, 1.165) is 5.56 Å². The molecule has 0 spiro atoms. The summed E-state index contributed by atoms with van der Waals surface area (Å²) in [7, 11) is 0. The fourth-order valence-corrected chi connectivity index (χ4v) is 2.24. The van der Waals surface area contributed by atoms with Crippen LogP contribution in [-0.2, 0) is 20.9 Å². The molecule has 2 atom stereocenters. The van der Waals surface area contributed by atoms with E-state index >= 15 is 0 Å². The van der Waals surface area contributed by atoms with E-state index in [4.69, 9.17) is 9.47 Å². The van der Waals surface area contributed by atoms with Gasteiger partial charge in [-0.15, -0.1) is 0 Å². The molecule has 0 N–H and O–H groups in total. The van der Waals surface area contributed by atoms with E-state index in [9.17, 15) is 9.59 Å². The fraction of sp³-hybridized carbons (Fsp3) is 0.385. The van der Waals surface area contributed by atoms with Gasteiger partial charge in [-0.05, 0) is 5.56 Å². The number of fused-ring (bicyclic) bond motifs is 1. The van der Waals surface area contributed by atoms with Crippen molar-refractivity contribution in [3.05, 3.63) is 35.9 Å². The van der Waals surface area contributed by atoms with E-state index in [0.29, 0.717) is 13.1 Å². The van der Waals surface area contributed by atoms with Crippen molar-refractivity contribution >= 4 is 12.1 Å². The topological polar surface area (TPSA) is 55.8 Å². The molecule has 1 aromatic rings. The third-order valence-corrected chi connectivity index (χ3v) is 3.30. The average molecular weight is 247 g/mol. The molecule has 0 radical (unpaired) electrons. The van der Waals surface area contributed by atoms with E-state index in [1.807, 2.05) is 30.3 Å². The molecule has 5 heteroatoms. The van der Waals surface area contributed by atoms with Crippen LogP contribution in [0.4, 0.5) is 4.79 Å². The molecule has 0 unspecified atom stereocenters. The highest BCUT2D eigenvalue weighted by atomic mass is 16.6. The minimum absolute atomic E-state index is 0.123. The first-order chi connectivity index (χ1) is 8.74. The van der Waals surface area contributed by atoms with Gasteiger partial charge in [-0.2, -0.15) is 0 Å². The Hall–Kier alpha value is -2.04. The molecule has 18 heavy (non-hydrogen) atoms. The van der Waals surface area contributed by atoms with Crippen LogP contribution in [0.15, 0.2) is 30.3 Å². The molecule has 2 saturated heterocycles. The number of ether oxygens (including phenoxy) is 2. The van der Waals surface area contributed by atoms with Crippen LogP contribution in [0.1, 0.15) is 5.56 Å². The molecule has 2 aliphatic heterocycles. The third kappa shape index (κ3) is 1.92. The van der Waals surface area contributed by atoms with Gasteiger partial charge in [0.1, 0.15) is 18.6 Å². The standard InChI is InChI=1S/C13H13NO4/c15-12-10-6-14(7-11(10)18-12)13(16)17-8-9-4-2-1-3-5-9/h1-5,10-11H,6-8H2/t10-,11+/m1/s1. The number of benzene rings is 1. The van der Waals surface area contributed by atoms with Gasteiger partial charge < -0.3 is 14.4 Å². The number of hydrogen-bond acceptors (Lipinski definition) is 4. The van der Waals surface area contributed by atoms with Gasteiger partial charge in [-0.25, -0.2) is 4.79 Å². The van der Waals surface area contributed by atoms with Crippen molar-refractivity contribution in [2.75, 3.05) is 13.1 Å². The SMILES string of the molecule is O=C1O[C@H]2CN(C(=O)OCc3ccccc3)C[C@@H]12. The molecule has 0 aliphatic carbocycles. The van der Waals surface area contributed by atoms with Crippen LogP contribution in [-0.4, -0.2) is 36.2 Å². The Morgan fingerprint density at radius 2 is 2.11 bits per heavy atom. The van der Waals surface area contributed by atoms with Gasteiger partial charge in [-0.3, -0.25) is 4.79 Å². The van der Waals surface area contributed by atoms with Crippen LogP contribution in [0.5, 0.6) is 0 Å². The van der Waals surface area contributed by atoms with Crippen LogP contribution in [0.3, 0.4) is 0 Å². The average Bonchev–Trinajstić information content (AvgIpc) is 2.74. The highest BCUT2D eigenvalue weighted by molar-refractivity contribution is 5.81. The highest BCUT2D eigenvalue weighted by Gasteiger charge is 2.50. The second kappa shape index (κ2) is 4.33. The van der Waals surface area contributed by atoms with Crippen LogP contribution < -0.4 is 0 Å². The van der Waals surface area contributed by atoms with E-state index in [1.165, 1.54) is 4.90 Å². The molecule has 94 valence electrons. The molecule has 0 bridgehead atoms. The van der Waals surface area contributed by atoms with Crippen LogP contribution >= 0.6 is 0 Å². The van der Waals surface area contributed by atoms with Crippen molar-refractivity contribution in [1.29, 1.82) is 0 Å². The maximum absolute atomic E-state index is 11.8. The fourth-order valence-electron chi connectivity index (χ4n) is 2.24. The quantitative estimate of drug-likeness (QED) is 0.736. The summed E-state index contributed by atoms with van der Waals surface area (Å²) in [6.45, 7) is 1.11. The molecule has 0 aromatic heterocycles. The van der Waals surface area contributed by atoms with Gasteiger partial charge in [0.25, 0.3) is 0 Å². The lowest BCUT2D eigenvalue weighted by Gasteiger charge is -2.26. The number of esters is 1. The van der Waals surface area contributed by atoms with Gasteiger partial charge in [0.2, 0.25) is 0 Å². The molecule has 3 rings (SSSR count). The minimum atomic E-state index is -0.385. The monoisotopic (exact) mass is 247 g/mol. The summed E-state index contributed by atoms with van der Waals surface area (Å²) in [5.74, 6) is -0.354. The summed E-state index contributed by atoms with van der Waals surface area (Å²) in [4.78, 5) is 24.4. The number of likely N-dealkylation sites (tertiary alicyclic amines) is 1. The predicted molar refractivity (Wildman–Crippen MR) is 61.6 cm³/mol. The lowest BCUT2D eigenvalue weighted by atomic mass is 10.0. The van der Waals surface area contributed by atoms with Gasteiger partial charge in [0.15, 0.2) is 0 Å². The van der Waals surface area contributed by atoms with Crippen molar-refractivity contribution in [3.8, 4) is 0 Å². The van der Waals surface area contributed by atoms with E-state index in [2.05, 4.69) is 0 Å². The second-order valence-electron chi connectivity index (χ2n) is 4.53. The Morgan fingerprint density at radius 1 is 1.33 bits per heavy atom. The first-order valence-corrected chi connectivity index (χ1v) is 5.90. The van der Waals surface area contributed by atoms with Gasteiger partial charge in [-0.1, -0.05) is 30.3 Å².